The van der Waals surface area contributed by atoms with E-state index in [9.17, 15) is 9.59 Å². The Hall–Kier alpha value is -4.23. The molecule has 7 nitrogen and oxygen atoms in total. The number of benzene rings is 3. The summed E-state index contributed by atoms with van der Waals surface area (Å²) in [5.74, 6) is -0.375. The Kier molecular flexibility index (Phi) is 5.46. The summed E-state index contributed by atoms with van der Waals surface area (Å²) in [5.41, 5.74) is 2.59. The fourth-order valence-electron chi connectivity index (χ4n) is 3.48. The molecule has 2 heterocycles. The minimum Gasteiger partial charge on any atom is -0.453 e. The number of nitrogens with zero attached hydrogens (tertiary/aromatic N) is 3. The van der Waals surface area contributed by atoms with Crippen LogP contribution in [0.25, 0.3) is 27.8 Å². The van der Waals surface area contributed by atoms with Crippen LogP contribution in [-0.2, 0) is 11.3 Å². The number of carbonyl (C=O) groups excluding carboxylic acids is 1. The van der Waals surface area contributed by atoms with Crippen LogP contribution in [0.15, 0.2) is 89.7 Å². The molecule has 0 saturated carbocycles. The maximum absolute atomic E-state index is 13.0. The zero-order valence-electron chi connectivity index (χ0n) is 17.2. The van der Waals surface area contributed by atoms with Gasteiger partial charge in [0.2, 0.25) is 0 Å². The monoisotopic (exact) mass is 456 g/mol. The first kappa shape index (κ1) is 20.7. The minimum atomic E-state index is -0.595. The Morgan fingerprint density at radius 2 is 1.70 bits per heavy atom. The van der Waals surface area contributed by atoms with Crippen molar-refractivity contribution in [1.29, 1.82) is 0 Å². The van der Waals surface area contributed by atoms with E-state index in [-0.39, 0.29) is 23.7 Å². The van der Waals surface area contributed by atoms with Crippen LogP contribution in [0.4, 0.5) is 0 Å². The number of halogens is 1. The van der Waals surface area contributed by atoms with Gasteiger partial charge in [0.1, 0.15) is 12.4 Å². The van der Waals surface area contributed by atoms with Crippen molar-refractivity contribution in [2.24, 2.45) is 0 Å². The van der Waals surface area contributed by atoms with Gasteiger partial charge in [-0.25, -0.2) is 14.5 Å². The Labute approximate surface area is 193 Å². The lowest BCUT2D eigenvalue weighted by Crippen LogP contribution is -2.16. The quantitative estimate of drug-likeness (QED) is 0.384. The average molecular weight is 457 g/mol. The summed E-state index contributed by atoms with van der Waals surface area (Å²) in [7, 11) is 0. The van der Waals surface area contributed by atoms with E-state index in [1.807, 2.05) is 60.7 Å². The van der Waals surface area contributed by atoms with Crippen molar-refractivity contribution in [3.63, 3.8) is 0 Å². The highest BCUT2D eigenvalue weighted by molar-refractivity contribution is 6.31. The number of esters is 1. The second-order valence-electron chi connectivity index (χ2n) is 7.28. The van der Waals surface area contributed by atoms with Gasteiger partial charge >= 0.3 is 5.97 Å². The number of fused-ring (bicyclic) bond motifs is 1. The molecule has 0 radical (unpaired) electrons. The molecule has 0 bridgehead atoms. The number of hydrogen-bond acceptors (Lipinski definition) is 5. The molecule has 33 heavy (non-hydrogen) atoms. The lowest BCUT2D eigenvalue weighted by molar-refractivity contribution is 0.0451. The number of para-hydroxylation sites is 1. The van der Waals surface area contributed by atoms with Gasteiger partial charge in [-0.15, -0.1) is 0 Å². The van der Waals surface area contributed by atoms with Gasteiger partial charge in [0.05, 0.1) is 22.3 Å². The molecule has 0 fully saturated rings. The summed E-state index contributed by atoms with van der Waals surface area (Å²) < 4.78 is 7.04. The van der Waals surface area contributed by atoms with Crippen LogP contribution in [0.2, 0.25) is 5.02 Å². The van der Waals surface area contributed by atoms with Crippen LogP contribution >= 0.6 is 11.6 Å². The van der Waals surface area contributed by atoms with Crippen molar-refractivity contribution < 1.29 is 9.53 Å². The zero-order valence-corrected chi connectivity index (χ0v) is 18.0. The third-order valence-corrected chi connectivity index (χ3v) is 5.28. The van der Waals surface area contributed by atoms with E-state index in [4.69, 9.17) is 16.3 Å². The topological polar surface area (TPSA) is 89.9 Å². The summed E-state index contributed by atoms with van der Waals surface area (Å²) >= 11 is 6.01. The van der Waals surface area contributed by atoms with Crippen LogP contribution in [0.1, 0.15) is 16.3 Å². The van der Waals surface area contributed by atoms with E-state index in [1.54, 1.807) is 28.9 Å². The molecule has 0 aliphatic carbocycles. The predicted octanol–water partition coefficient (Wildman–Crippen LogP) is 4.79. The summed E-state index contributed by atoms with van der Waals surface area (Å²) in [6, 6.07) is 25.4. The molecule has 3 aromatic carbocycles. The van der Waals surface area contributed by atoms with Gasteiger partial charge in [0.25, 0.3) is 5.56 Å². The second kappa shape index (κ2) is 8.72. The van der Waals surface area contributed by atoms with Crippen molar-refractivity contribution in [2.45, 2.75) is 6.61 Å². The SMILES string of the molecule is O=C(OCc1nc2cc(Cl)ccc2c(=O)[nH]1)c1cc(-c2ccccc2)nn1-c1ccccc1. The standard InChI is InChI=1S/C25H17ClN4O3/c26-17-11-12-19-21(13-17)27-23(28-24(19)31)15-33-25(32)22-14-20(16-7-3-1-4-8-16)29-30(22)18-9-5-2-6-10-18/h1-14H,15H2,(H,27,28,31). The second-order valence-corrected chi connectivity index (χ2v) is 7.71. The Balaban J connectivity index is 1.46. The van der Waals surface area contributed by atoms with Gasteiger partial charge in [0.15, 0.2) is 5.69 Å². The van der Waals surface area contributed by atoms with E-state index in [1.165, 1.54) is 0 Å². The van der Waals surface area contributed by atoms with E-state index in [2.05, 4.69) is 15.1 Å². The van der Waals surface area contributed by atoms with Crippen LogP contribution < -0.4 is 5.56 Å². The molecule has 0 spiro atoms. The Morgan fingerprint density at radius 1 is 0.970 bits per heavy atom. The van der Waals surface area contributed by atoms with Crippen molar-refractivity contribution in [2.75, 3.05) is 0 Å². The molecule has 5 aromatic rings. The zero-order chi connectivity index (χ0) is 22.8. The highest BCUT2D eigenvalue weighted by Crippen LogP contribution is 2.22. The third-order valence-electron chi connectivity index (χ3n) is 5.05. The van der Waals surface area contributed by atoms with Gasteiger partial charge in [-0.05, 0) is 36.4 Å². The number of aromatic nitrogens is 4. The molecule has 0 atom stereocenters. The number of nitrogens with one attached hydrogen (secondary N) is 1. The fraction of sp³-hybridized carbons (Fsp3) is 0.0400. The molecular formula is C25H17ClN4O3. The van der Waals surface area contributed by atoms with Crippen molar-refractivity contribution in [3.05, 3.63) is 112 Å². The summed E-state index contributed by atoms with van der Waals surface area (Å²) in [6.45, 7) is -0.211. The highest BCUT2D eigenvalue weighted by Gasteiger charge is 2.19. The molecule has 1 N–H and O–H groups in total. The third kappa shape index (κ3) is 4.26. The van der Waals surface area contributed by atoms with Crippen LogP contribution in [-0.4, -0.2) is 25.7 Å². The highest BCUT2D eigenvalue weighted by atomic mass is 35.5. The summed E-state index contributed by atoms with van der Waals surface area (Å²) in [4.78, 5) is 32.4. The largest absolute Gasteiger partial charge is 0.453 e. The van der Waals surface area contributed by atoms with Gasteiger partial charge in [0, 0.05) is 10.6 Å². The number of rotatable bonds is 5. The van der Waals surface area contributed by atoms with Gasteiger partial charge in [-0.2, -0.15) is 5.10 Å². The molecule has 0 saturated heterocycles. The van der Waals surface area contributed by atoms with E-state index in [0.717, 1.165) is 11.3 Å². The van der Waals surface area contributed by atoms with Gasteiger partial charge in [-0.1, -0.05) is 60.1 Å². The molecule has 2 aromatic heterocycles. The van der Waals surface area contributed by atoms with E-state index < -0.39 is 5.97 Å². The smallest absolute Gasteiger partial charge is 0.357 e. The fourth-order valence-corrected chi connectivity index (χ4v) is 3.65. The van der Waals surface area contributed by atoms with Crippen molar-refractivity contribution in [1.82, 2.24) is 19.7 Å². The van der Waals surface area contributed by atoms with Crippen molar-refractivity contribution in [3.8, 4) is 16.9 Å². The predicted molar refractivity (Wildman–Crippen MR) is 125 cm³/mol. The molecular weight excluding hydrogens is 440 g/mol. The average Bonchev–Trinajstić information content (AvgIpc) is 3.29. The maximum atomic E-state index is 13.0. The van der Waals surface area contributed by atoms with Gasteiger partial charge < -0.3 is 9.72 Å². The lowest BCUT2D eigenvalue weighted by atomic mass is 10.1. The van der Waals surface area contributed by atoms with Gasteiger partial charge in [-0.3, -0.25) is 4.79 Å². The van der Waals surface area contributed by atoms with Crippen LogP contribution in [0, 0.1) is 0 Å². The Morgan fingerprint density at radius 3 is 2.45 bits per heavy atom. The minimum absolute atomic E-state index is 0.211. The number of carbonyl (C=O) groups is 1. The summed E-state index contributed by atoms with van der Waals surface area (Å²) in [6.07, 6.45) is 0. The molecule has 0 aliphatic heterocycles. The molecule has 0 unspecified atom stereocenters. The summed E-state index contributed by atoms with van der Waals surface area (Å²) in [5, 5.41) is 5.49. The van der Waals surface area contributed by atoms with E-state index >= 15 is 0 Å². The first-order valence-electron chi connectivity index (χ1n) is 10.1. The van der Waals surface area contributed by atoms with E-state index in [0.29, 0.717) is 21.6 Å². The maximum Gasteiger partial charge on any atom is 0.357 e. The number of H-pyrrole nitrogens is 1. The first-order chi connectivity index (χ1) is 16.1. The molecule has 5 rings (SSSR count). The number of aromatic amines is 1. The number of ether oxygens (including phenoxy) is 1. The number of hydrogen-bond donors (Lipinski definition) is 1. The molecule has 0 amide bonds. The van der Waals surface area contributed by atoms with Crippen LogP contribution in [0.5, 0.6) is 0 Å². The van der Waals surface area contributed by atoms with Crippen molar-refractivity contribution >= 4 is 28.5 Å². The normalized spacial score (nSPS) is 10.9. The lowest BCUT2D eigenvalue weighted by Gasteiger charge is -2.08. The molecule has 8 heteroatoms. The van der Waals surface area contributed by atoms with Crippen LogP contribution in [0.3, 0.4) is 0 Å². The Bertz CT molecular complexity index is 1510. The first-order valence-corrected chi connectivity index (χ1v) is 10.5. The molecule has 162 valence electrons. The molecule has 0 aliphatic rings.